The topological polar surface area (TPSA) is 51.8 Å². The lowest BCUT2D eigenvalue weighted by Gasteiger charge is -2.02. The fourth-order valence-electron chi connectivity index (χ4n) is 1.24. The summed E-state index contributed by atoms with van der Waals surface area (Å²) in [5.41, 5.74) is 7.01. The van der Waals surface area contributed by atoms with Crippen LogP contribution < -0.4 is 5.73 Å². The third-order valence-electron chi connectivity index (χ3n) is 1.88. The summed E-state index contributed by atoms with van der Waals surface area (Å²) >= 11 is 0. The van der Waals surface area contributed by atoms with Gasteiger partial charge in [0.15, 0.2) is 5.82 Å². The van der Waals surface area contributed by atoms with E-state index in [1.165, 1.54) is 18.3 Å². The molecule has 0 saturated heterocycles. The summed E-state index contributed by atoms with van der Waals surface area (Å²) in [6.45, 7) is 0. The molecule has 2 N–H and O–H groups in total. The molecule has 0 aliphatic carbocycles. The number of nitrogen functional groups attached to an aromatic ring is 1. The molecule has 4 heteroatoms. The van der Waals surface area contributed by atoms with E-state index in [1.807, 2.05) is 0 Å². The van der Waals surface area contributed by atoms with Crippen molar-refractivity contribution in [2.75, 3.05) is 5.73 Å². The Morgan fingerprint density at radius 2 is 2.07 bits per heavy atom. The Morgan fingerprint density at radius 3 is 2.79 bits per heavy atom. The van der Waals surface area contributed by atoms with Crippen molar-refractivity contribution in [2.24, 2.45) is 0 Å². The maximum Gasteiger partial charge on any atom is 0.153 e. The third kappa shape index (κ3) is 1.54. The van der Waals surface area contributed by atoms with E-state index in [0.717, 1.165) is 0 Å². The predicted octanol–water partition coefficient (Wildman–Crippen LogP) is 1.86. The highest BCUT2D eigenvalue weighted by atomic mass is 19.1. The van der Waals surface area contributed by atoms with Gasteiger partial charge in [-0.05, 0) is 23.8 Å². The number of hydrogen-bond acceptors (Lipinski definition) is 3. The molecule has 0 fully saturated rings. The molecule has 3 nitrogen and oxygen atoms in total. The molecule has 0 bridgehead atoms. The second kappa shape index (κ2) is 3.41. The van der Waals surface area contributed by atoms with E-state index >= 15 is 0 Å². The Kier molecular flexibility index (Phi) is 2.10. The average molecular weight is 189 g/mol. The molecule has 0 unspecified atom stereocenters. The number of nitrogens with two attached hydrogens (primary N) is 1. The van der Waals surface area contributed by atoms with Gasteiger partial charge in [-0.1, -0.05) is 12.1 Å². The quantitative estimate of drug-likeness (QED) is 0.744. The monoisotopic (exact) mass is 189 g/mol. The molecule has 1 heterocycles. The van der Waals surface area contributed by atoms with Gasteiger partial charge in [-0.3, -0.25) is 0 Å². The maximum absolute atomic E-state index is 12.9. The van der Waals surface area contributed by atoms with Crippen LogP contribution in [0.1, 0.15) is 0 Å². The van der Waals surface area contributed by atoms with Crippen molar-refractivity contribution in [3.05, 3.63) is 42.3 Å². The SMILES string of the molecule is Nc1nnccc1-c1cccc(F)c1. The molecule has 0 atom stereocenters. The summed E-state index contributed by atoms with van der Waals surface area (Å²) in [7, 11) is 0. The summed E-state index contributed by atoms with van der Waals surface area (Å²) < 4.78 is 12.9. The average Bonchev–Trinajstić information content (AvgIpc) is 2.18. The predicted molar refractivity (Wildman–Crippen MR) is 51.8 cm³/mol. The van der Waals surface area contributed by atoms with E-state index in [1.54, 1.807) is 18.2 Å². The van der Waals surface area contributed by atoms with Gasteiger partial charge < -0.3 is 5.73 Å². The molecular formula is C10H8FN3. The molecule has 14 heavy (non-hydrogen) atoms. The smallest absolute Gasteiger partial charge is 0.153 e. The van der Waals surface area contributed by atoms with Crippen LogP contribution in [0.4, 0.5) is 10.2 Å². The van der Waals surface area contributed by atoms with Crippen LogP contribution in [0.25, 0.3) is 11.1 Å². The van der Waals surface area contributed by atoms with Crippen LogP contribution in [0.15, 0.2) is 36.5 Å². The number of aromatic nitrogens is 2. The van der Waals surface area contributed by atoms with E-state index in [2.05, 4.69) is 10.2 Å². The summed E-state index contributed by atoms with van der Waals surface area (Å²) in [4.78, 5) is 0. The minimum atomic E-state index is -0.293. The summed E-state index contributed by atoms with van der Waals surface area (Å²) in [5.74, 6) is 0.0109. The van der Waals surface area contributed by atoms with E-state index in [4.69, 9.17) is 5.73 Å². The molecule has 1 aromatic heterocycles. The molecule has 0 aliphatic heterocycles. The number of hydrogen-bond donors (Lipinski definition) is 1. The minimum Gasteiger partial charge on any atom is -0.382 e. The van der Waals surface area contributed by atoms with Crippen molar-refractivity contribution < 1.29 is 4.39 Å². The number of benzene rings is 1. The lowest BCUT2D eigenvalue weighted by Crippen LogP contribution is -1.95. The first-order valence-corrected chi connectivity index (χ1v) is 4.10. The van der Waals surface area contributed by atoms with Crippen LogP contribution in [0, 0.1) is 5.82 Å². The van der Waals surface area contributed by atoms with Crippen LogP contribution in [0.2, 0.25) is 0 Å². The zero-order chi connectivity index (χ0) is 9.97. The first-order chi connectivity index (χ1) is 6.77. The molecule has 70 valence electrons. The molecule has 0 radical (unpaired) electrons. The van der Waals surface area contributed by atoms with Gasteiger partial charge in [-0.15, -0.1) is 5.10 Å². The van der Waals surface area contributed by atoms with E-state index in [-0.39, 0.29) is 5.82 Å². The first-order valence-electron chi connectivity index (χ1n) is 4.10. The zero-order valence-electron chi connectivity index (χ0n) is 7.31. The van der Waals surface area contributed by atoms with Gasteiger partial charge in [0.1, 0.15) is 5.82 Å². The lowest BCUT2D eigenvalue weighted by molar-refractivity contribution is 0.628. The van der Waals surface area contributed by atoms with Gasteiger partial charge in [-0.2, -0.15) is 5.10 Å². The van der Waals surface area contributed by atoms with Crippen LogP contribution in [-0.4, -0.2) is 10.2 Å². The Labute approximate surface area is 80.4 Å². The Bertz CT molecular complexity index is 457. The van der Waals surface area contributed by atoms with Crippen molar-refractivity contribution in [2.45, 2.75) is 0 Å². The van der Waals surface area contributed by atoms with Crippen molar-refractivity contribution >= 4 is 5.82 Å². The van der Waals surface area contributed by atoms with Crippen LogP contribution in [0.3, 0.4) is 0 Å². The molecule has 0 saturated carbocycles. The molecule has 0 aliphatic rings. The van der Waals surface area contributed by atoms with Gasteiger partial charge in [-0.25, -0.2) is 4.39 Å². The van der Waals surface area contributed by atoms with Gasteiger partial charge in [0.05, 0.1) is 6.20 Å². The van der Waals surface area contributed by atoms with Crippen molar-refractivity contribution in [3.63, 3.8) is 0 Å². The van der Waals surface area contributed by atoms with E-state index < -0.39 is 0 Å². The molecular weight excluding hydrogens is 181 g/mol. The number of rotatable bonds is 1. The second-order valence-corrected chi connectivity index (χ2v) is 2.84. The van der Waals surface area contributed by atoms with Crippen LogP contribution >= 0.6 is 0 Å². The van der Waals surface area contributed by atoms with Crippen molar-refractivity contribution in [1.82, 2.24) is 10.2 Å². The van der Waals surface area contributed by atoms with E-state index in [9.17, 15) is 4.39 Å². The van der Waals surface area contributed by atoms with Crippen molar-refractivity contribution in [1.29, 1.82) is 0 Å². The minimum absolute atomic E-state index is 0.293. The zero-order valence-corrected chi connectivity index (χ0v) is 7.31. The first kappa shape index (κ1) is 8.62. The number of anilines is 1. The van der Waals surface area contributed by atoms with E-state index in [0.29, 0.717) is 16.9 Å². The molecule has 0 amide bonds. The number of halogens is 1. The largest absolute Gasteiger partial charge is 0.382 e. The van der Waals surface area contributed by atoms with Crippen LogP contribution in [0.5, 0.6) is 0 Å². The van der Waals surface area contributed by atoms with Gasteiger partial charge >= 0.3 is 0 Å². The molecule has 0 spiro atoms. The van der Waals surface area contributed by atoms with Crippen molar-refractivity contribution in [3.8, 4) is 11.1 Å². The highest BCUT2D eigenvalue weighted by Crippen LogP contribution is 2.23. The molecule has 1 aromatic carbocycles. The standard InChI is InChI=1S/C10H8FN3/c11-8-3-1-2-7(6-8)9-4-5-13-14-10(9)12/h1-6H,(H2,12,14). The second-order valence-electron chi connectivity index (χ2n) is 2.84. The molecule has 2 rings (SSSR count). The molecule has 2 aromatic rings. The maximum atomic E-state index is 12.9. The van der Waals surface area contributed by atoms with Gasteiger partial charge in [0, 0.05) is 5.56 Å². The fourth-order valence-corrected chi connectivity index (χ4v) is 1.24. The normalized spacial score (nSPS) is 10.1. The lowest BCUT2D eigenvalue weighted by atomic mass is 10.1. The Hall–Kier alpha value is -1.97. The fraction of sp³-hybridized carbons (Fsp3) is 0. The van der Waals surface area contributed by atoms with Crippen LogP contribution in [-0.2, 0) is 0 Å². The summed E-state index contributed by atoms with van der Waals surface area (Å²) in [6, 6.07) is 7.90. The Morgan fingerprint density at radius 1 is 1.21 bits per heavy atom. The highest BCUT2D eigenvalue weighted by Gasteiger charge is 2.03. The Balaban J connectivity index is 2.55. The summed E-state index contributed by atoms with van der Waals surface area (Å²) in [6.07, 6.45) is 1.52. The summed E-state index contributed by atoms with van der Waals surface area (Å²) in [5, 5.41) is 7.31. The third-order valence-corrected chi connectivity index (χ3v) is 1.88. The van der Waals surface area contributed by atoms with Gasteiger partial charge in [0.2, 0.25) is 0 Å². The highest BCUT2D eigenvalue weighted by molar-refractivity contribution is 5.72. The number of nitrogens with zero attached hydrogens (tertiary/aromatic N) is 2. The van der Waals surface area contributed by atoms with Gasteiger partial charge in [0.25, 0.3) is 0 Å².